The lowest BCUT2D eigenvalue weighted by Gasteiger charge is -2.15. The van der Waals surface area contributed by atoms with Crippen molar-refractivity contribution < 1.29 is 23.8 Å². The number of ether oxygens (including phenoxy) is 4. The SMILES string of the molecule is COc1ccc(C2CC(c3cc(C)c(C)c(OC)c3)=NO2)cc1OCCCCCOc1cccc(-c2nc3ccccc3s2)c1. The van der Waals surface area contributed by atoms with E-state index in [0.717, 1.165) is 74.8 Å². The molecule has 0 N–H and O–H groups in total. The topological polar surface area (TPSA) is 71.4 Å². The van der Waals surface area contributed by atoms with Crippen molar-refractivity contribution in [2.75, 3.05) is 27.4 Å². The third kappa shape index (κ3) is 7.07. The maximum Gasteiger partial charge on any atom is 0.161 e. The van der Waals surface area contributed by atoms with Crippen LogP contribution in [0.25, 0.3) is 20.8 Å². The third-order valence-electron chi connectivity index (χ3n) is 8.09. The molecule has 7 nitrogen and oxygen atoms in total. The van der Waals surface area contributed by atoms with E-state index in [0.29, 0.717) is 31.1 Å². The van der Waals surface area contributed by atoms with E-state index in [1.54, 1.807) is 25.6 Å². The summed E-state index contributed by atoms with van der Waals surface area (Å²) in [6, 6.07) is 26.5. The summed E-state index contributed by atoms with van der Waals surface area (Å²) in [4.78, 5) is 10.6. The quantitative estimate of drug-likeness (QED) is 0.122. The molecule has 1 atom stereocenters. The second kappa shape index (κ2) is 14.0. The first-order chi connectivity index (χ1) is 22.0. The molecule has 1 aliphatic heterocycles. The highest BCUT2D eigenvalue weighted by atomic mass is 32.1. The summed E-state index contributed by atoms with van der Waals surface area (Å²) < 4.78 is 24.6. The predicted octanol–water partition coefficient (Wildman–Crippen LogP) is 9.09. The third-order valence-corrected chi connectivity index (χ3v) is 9.18. The van der Waals surface area contributed by atoms with Gasteiger partial charge in [-0.3, -0.25) is 0 Å². The molecule has 2 heterocycles. The fourth-order valence-electron chi connectivity index (χ4n) is 5.41. The maximum atomic E-state index is 6.17. The van der Waals surface area contributed by atoms with Gasteiger partial charge in [0.05, 0.1) is 43.4 Å². The minimum atomic E-state index is -0.189. The van der Waals surface area contributed by atoms with Crippen molar-refractivity contribution in [3.63, 3.8) is 0 Å². The van der Waals surface area contributed by atoms with Crippen molar-refractivity contribution in [2.24, 2.45) is 5.16 Å². The Kier molecular flexibility index (Phi) is 9.50. The largest absolute Gasteiger partial charge is 0.496 e. The van der Waals surface area contributed by atoms with Crippen molar-refractivity contribution in [3.05, 3.63) is 101 Å². The van der Waals surface area contributed by atoms with Gasteiger partial charge in [0.15, 0.2) is 17.6 Å². The molecule has 0 bridgehead atoms. The van der Waals surface area contributed by atoms with E-state index in [1.165, 1.54) is 4.70 Å². The second-order valence-electron chi connectivity index (χ2n) is 11.1. The summed E-state index contributed by atoms with van der Waals surface area (Å²) in [6.45, 7) is 5.38. The molecule has 0 aliphatic carbocycles. The van der Waals surface area contributed by atoms with Crippen LogP contribution in [0.1, 0.15) is 54.0 Å². The van der Waals surface area contributed by atoms with Crippen LogP contribution in [0.2, 0.25) is 0 Å². The van der Waals surface area contributed by atoms with Crippen LogP contribution < -0.4 is 18.9 Å². The van der Waals surface area contributed by atoms with Crippen molar-refractivity contribution in [2.45, 2.75) is 45.6 Å². The Hall–Kier alpha value is -4.56. The molecule has 0 spiro atoms. The first kappa shape index (κ1) is 30.5. The first-order valence-corrected chi connectivity index (χ1v) is 16.1. The monoisotopic (exact) mass is 622 g/mol. The predicted molar refractivity (Wildman–Crippen MR) is 180 cm³/mol. The highest BCUT2D eigenvalue weighted by Gasteiger charge is 2.26. The van der Waals surface area contributed by atoms with E-state index >= 15 is 0 Å². The van der Waals surface area contributed by atoms with E-state index in [2.05, 4.69) is 43.3 Å². The number of para-hydroxylation sites is 1. The van der Waals surface area contributed by atoms with Gasteiger partial charge in [-0.15, -0.1) is 11.3 Å². The van der Waals surface area contributed by atoms with Gasteiger partial charge in [0.2, 0.25) is 0 Å². The van der Waals surface area contributed by atoms with Crippen LogP contribution in [0.5, 0.6) is 23.0 Å². The molecule has 5 aromatic rings. The van der Waals surface area contributed by atoms with Crippen LogP contribution >= 0.6 is 11.3 Å². The Morgan fingerprint density at radius 2 is 1.60 bits per heavy atom. The van der Waals surface area contributed by atoms with Crippen LogP contribution in [-0.2, 0) is 4.84 Å². The van der Waals surface area contributed by atoms with E-state index in [1.807, 2.05) is 54.6 Å². The number of unbranched alkanes of at least 4 members (excludes halogenated alkanes) is 2. The van der Waals surface area contributed by atoms with Gasteiger partial charge in [-0.05, 0) is 98.3 Å². The number of thiazole rings is 1. The summed E-state index contributed by atoms with van der Waals surface area (Å²) in [5.41, 5.74) is 7.33. The molecule has 4 aromatic carbocycles. The minimum absolute atomic E-state index is 0.189. The van der Waals surface area contributed by atoms with Gasteiger partial charge in [0.1, 0.15) is 16.5 Å². The summed E-state index contributed by atoms with van der Waals surface area (Å²) in [6.07, 6.45) is 3.31. The molecule has 1 unspecified atom stereocenters. The Morgan fingerprint density at radius 1 is 0.778 bits per heavy atom. The van der Waals surface area contributed by atoms with E-state index in [9.17, 15) is 0 Å². The minimum Gasteiger partial charge on any atom is -0.496 e. The molecular formula is C37H38N2O5S. The zero-order valence-electron chi connectivity index (χ0n) is 26.2. The number of oxime groups is 1. The number of methoxy groups -OCH3 is 2. The van der Waals surface area contributed by atoms with Gasteiger partial charge < -0.3 is 23.8 Å². The number of rotatable bonds is 13. The highest BCUT2D eigenvalue weighted by molar-refractivity contribution is 7.21. The molecule has 0 amide bonds. The van der Waals surface area contributed by atoms with E-state index in [-0.39, 0.29) is 6.10 Å². The number of fused-ring (bicyclic) bond motifs is 1. The standard InChI is InChI=1S/C37H38N2O5S/c1-24-19-28(22-33(41-4)25(24)2)31-23-34(44-39-31)26-15-16-32(40-3)35(21-26)43-18-9-5-8-17-42-29-12-10-11-27(20-29)37-38-30-13-6-7-14-36(30)45-37/h6-7,10-16,19-22,34H,5,8-9,17-18,23H2,1-4H3. The Morgan fingerprint density at radius 3 is 2.42 bits per heavy atom. The maximum absolute atomic E-state index is 6.17. The van der Waals surface area contributed by atoms with E-state index < -0.39 is 0 Å². The zero-order valence-corrected chi connectivity index (χ0v) is 27.0. The molecule has 0 saturated heterocycles. The van der Waals surface area contributed by atoms with Gasteiger partial charge in [-0.1, -0.05) is 35.5 Å². The normalized spacial score (nSPS) is 14.2. The van der Waals surface area contributed by atoms with Crippen LogP contribution in [0, 0.1) is 13.8 Å². The average Bonchev–Trinajstić information content (AvgIpc) is 3.74. The van der Waals surface area contributed by atoms with Gasteiger partial charge in [0.25, 0.3) is 0 Å². The molecule has 232 valence electrons. The number of benzene rings is 4. The number of hydrogen-bond acceptors (Lipinski definition) is 8. The molecule has 0 fully saturated rings. The fraction of sp³-hybridized carbons (Fsp3) is 0.297. The zero-order chi connectivity index (χ0) is 31.2. The summed E-state index contributed by atoms with van der Waals surface area (Å²) in [7, 11) is 3.35. The molecule has 8 heteroatoms. The highest BCUT2D eigenvalue weighted by Crippen LogP contribution is 2.37. The lowest BCUT2D eigenvalue weighted by Crippen LogP contribution is -2.05. The lowest BCUT2D eigenvalue weighted by atomic mass is 9.97. The Balaban J connectivity index is 0.973. The Labute approximate surface area is 268 Å². The molecule has 1 aromatic heterocycles. The van der Waals surface area contributed by atoms with Gasteiger partial charge >= 0.3 is 0 Å². The Bertz CT molecular complexity index is 1780. The second-order valence-corrected chi connectivity index (χ2v) is 12.2. The van der Waals surface area contributed by atoms with Crippen LogP contribution in [-0.4, -0.2) is 38.1 Å². The number of aryl methyl sites for hydroxylation is 1. The van der Waals surface area contributed by atoms with Crippen molar-refractivity contribution in [1.82, 2.24) is 4.98 Å². The molecule has 45 heavy (non-hydrogen) atoms. The fourth-order valence-corrected chi connectivity index (χ4v) is 6.37. The van der Waals surface area contributed by atoms with Gasteiger partial charge in [-0.2, -0.15) is 0 Å². The first-order valence-electron chi connectivity index (χ1n) is 15.3. The average molecular weight is 623 g/mol. The lowest BCUT2D eigenvalue weighted by molar-refractivity contribution is 0.0854. The summed E-state index contributed by atoms with van der Waals surface area (Å²) in [5.74, 6) is 3.14. The molecule has 0 radical (unpaired) electrons. The molecular weight excluding hydrogens is 584 g/mol. The van der Waals surface area contributed by atoms with Crippen LogP contribution in [0.15, 0.2) is 84.0 Å². The van der Waals surface area contributed by atoms with Crippen LogP contribution in [0.3, 0.4) is 0 Å². The van der Waals surface area contributed by atoms with Crippen molar-refractivity contribution in [3.8, 4) is 33.6 Å². The number of nitrogens with zero attached hydrogens (tertiary/aromatic N) is 2. The number of aromatic nitrogens is 1. The summed E-state index contributed by atoms with van der Waals surface area (Å²) in [5, 5.41) is 5.42. The van der Waals surface area contributed by atoms with Gasteiger partial charge in [-0.25, -0.2) is 4.98 Å². The molecule has 1 aliphatic rings. The van der Waals surface area contributed by atoms with Gasteiger partial charge in [0, 0.05) is 17.5 Å². The van der Waals surface area contributed by atoms with Crippen LogP contribution in [0.4, 0.5) is 0 Å². The molecule has 6 rings (SSSR count). The summed E-state index contributed by atoms with van der Waals surface area (Å²) >= 11 is 1.70. The van der Waals surface area contributed by atoms with E-state index in [4.69, 9.17) is 28.8 Å². The number of hydrogen-bond donors (Lipinski definition) is 0. The smallest absolute Gasteiger partial charge is 0.161 e. The van der Waals surface area contributed by atoms with Crippen molar-refractivity contribution in [1.29, 1.82) is 0 Å². The molecule has 0 saturated carbocycles. The van der Waals surface area contributed by atoms with Crippen molar-refractivity contribution >= 4 is 27.3 Å².